The van der Waals surface area contributed by atoms with Crippen LogP contribution in [0.5, 0.6) is 5.75 Å². The van der Waals surface area contributed by atoms with Gasteiger partial charge in [0.05, 0.1) is 7.11 Å². The summed E-state index contributed by atoms with van der Waals surface area (Å²) >= 11 is 5.82. The van der Waals surface area contributed by atoms with E-state index in [0.717, 1.165) is 6.08 Å². The first-order chi connectivity index (χ1) is 7.04. The minimum absolute atomic E-state index is 0.545. The van der Waals surface area contributed by atoms with Crippen molar-refractivity contribution in [2.45, 2.75) is 6.92 Å². The normalized spacial score (nSPS) is 11.3. The Kier molecular flexibility index (Phi) is 3.74. The number of carboxylic acids is 1. The zero-order valence-electron chi connectivity index (χ0n) is 8.45. The molecule has 0 heterocycles. The van der Waals surface area contributed by atoms with E-state index in [1.807, 2.05) is 0 Å². The molecular weight excluding hydrogens is 216 g/mol. The van der Waals surface area contributed by atoms with E-state index in [2.05, 4.69) is 0 Å². The number of carbonyl (C=O) groups is 1. The highest BCUT2D eigenvalue weighted by molar-refractivity contribution is 6.30. The van der Waals surface area contributed by atoms with Gasteiger partial charge in [-0.3, -0.25) is 0 Å². The standard InChI is InChI=1S/C11H11ClO3/c1-7(5-11(13)14)9-6-8(12)3-4-10(9)15-2/h3-6H,1-2H3,(H,13,14)/b7-5+. The van der Waals surface area contributed by atoms with Gasteiger partial charge in [-0.15, -0.1) is 0 Å². The molecule has 0 aliphatic rings. The molecule has 0 saturated carbocycles. The average molecular weight is 227 g/mol. The van der Waals surface area contributed by atoms with Crippen molar-refractivity contribution in [2.24, 2.45) is 0 Å². The van der Waals surface area contributed by atoms with E-state index < -0.39 is 5.97 Å². The molecule has 1 rings (SSSR count). The van der Waals surface area contributed by atoms with E-state index in [1.54, 1.807) is 25.1 Å². The summed E-state index contributed by atoms with van der Waals surface area (Å²) < 4.78 is 5.11. The Balaban J connectivity index is 3.22. The van der Waals surface area contributed by atoms with E-state index in [0.29, 0.717) is 21.9 Å². The average Bonchev–Trinajstić information content (AvgIpc) is 2.16. The molecule has 0 spiro atoms. The second-order valence-electron chi connectivity index (χ2n) is 3.01. The van der Waals surface area contributed by atoms with Crippen LogP contribution in [0.2, 0.25) is 5.02 Å². The maximum atomic E-state index is 10.5. The highest BCUT2D eigenvalue weighted by Crippen LogP contribution is 2.28. The molecule has 0 aliphatic carbocycles. The van der Waals surface area contributed by atoms with Gasteiger partial charge in [0.15, 0.2) is 0 Å². The number of halogens is 1. The van der Waals surface area contributed by atoms with Gasteiger partial charge in [-0.2, -0.15) is 0 Å². The monoisotopic (exact) mass is 226 g/mol. The maximum Gasteiger partial charge on any atom is 0.328 e. The number of hydrogen-bond acceptors (Lipinski definition) is 2. The Morgan fingerprint density at radius 2 is 2.20 bits per heavy atom. The number of allylic oxidation sites excluding steroid dienone is 1. The quantitative estimate of drug-likeness (QED) is 0.807. The van der Waals surface area contributed by atoms with Crippen molar-refractivity contribution in [1.29, 1.82) is 0 Å². The number of hydrogen-bond donors (Lipinski definition) is 1. The second-order valence-corrected chi connectivity index (χ2v) is 3.45. The second kappa shape index (κ2) is 4.84. The summed E-state index contributed by atoms with van der Waals surface area (Å²) in [5.41, 5.74) is 1.29. The molecule has 0 amide bonds. The van der Waals surface area contributed by atoms with Crippen molar-refractivity contribution >= 4 is 23.1 Å². The number of ether oxygens (including phenoxy) is 1. The lowest BCUT2D eigenvalue weighted by atomic mass is 10.1. The van der Waals surface area contributed by atoms with Crippen LogP contribution in [0, 0.1) is 0 Å². The molecule has 15 heavy (non-hydrogen) atoms. The molecule has 0 saturated heterocycles. The van der Waals surface area contributed by atoms with Crippen molar-refractivity contribution in [1.82, 2.24) is 0 Å². The summed E-state index contributed by atoms with van der Waals surface area (Å²) in [4.78, 5) is 10.5. The zero-order valence-corrected chi connectivity index (χ0v) is 9.21. The van der Waals surface area contributed by atoms with Crippen LogP contribution >= 0.6 is 11.6 Å². The molecular formula is C11H11ClO3. The molecule has 1 aromatic rings. The van der Waals surface area contributed by atoms with Gasteiger partial charge in [-0.1, -0.05) is 11.6 Å². The lowest BCUT2D eigenvalue weighted by Gasteiger charge is -2.08. The number of aliphatic carboxylic acids is 1. The Bertz CT molecular complexity index is 410. The summed E-state index contributed by atoms with van der Waals surface area (Å²) in [5, 5.41) is 9.17. The van der Waals surface area contributed by atoms with Gasteiger partial charge in [0.2, 0.25) is 0 Å². The highest BCUT2D eigenvalue weighted by Gasteiger charge is 2.06. The SMILES string of the molecule is COc1ccc(Cl)cc1/C(C)=C/C(=O)O. The predicted octanol–water partition coefficient (Wildman–Crippen LogP) is 2.84. The highest BCUT2D eigenvalue weighted by atomic mass is 35.5. The summed E-state index contributed by atoms with van der Waals surface area (Å²) in [5.74, 6) is -0.385. The van der Waals surface area contributed by atoms with Gasteiger partial charge in [0.25, 0.3) is 0 Å². The third-order valence-corrected chi connectivity index (χ3v) is 2.16. The summed E-state index contributed by atoms with van der Waals surface area (Å²) in [6.45, 7) is 1.70. The first-order valence-corrected chi connectivity index (χ1v) is 4.67. The number of benzene rings is 1. The molecule has 80 valence electrons. The number of methoxy groups -OCH3 is 1. The lowest BCUT2D eigenvalue weighted by molar-refractivity contribution is -0.131. The number of rotatable bonds is 3. The molecule has 4 heteroatoms. The van der Waals surface area contributed by atoms with E-state index in [9.17, 15) is 4.79 Å². The van der Waals surface area contributed by atoms with Gasteiger partial charge in [0.1, 0.15) is 5.75 Å². The molecule has 0 bridgehead atoms. The first-order valence-electron chi connectivity index (χ1n) is 4.29. The molecule has 0 fully saturated rings. The van der Waals surface area contributed by atoms with E-state index in [4.69, 9.17) is 21.4 Å². The number of carboxylic acid groups (broad SMARTS) is 1. The summed E-state index contributed by atoms with van der Waals surface area (Å²) in [6, 6.07) is 5.07. The molecule has 0 unspecified atom stereocenters. The first kappa shape index (κ1) is 11.6. The van der Waals surface area contributed by atoms with Crippen LogP contribution < -0.4 is 4.74 Å². The van der Waals surface area contributed by atoms with Gasteiger partial charge in [-0.05, 0) is 30.7 Å². The molecule has 0 aliphatic heterocycles. The van der Waals surface area contributed by atoms with Crippen LogP contribution in [0.1, 0.15) is 12.5 Å². The molecule has 0 atom stereocenters. The van der Waals surface area contributed by atoms with Crippen molar-refractivity contribution in [2.75, 3.05) is 7.11 Å². The third-order valence-electron chi connectivity index (χ3n) is 1.93. The molecule has 0 aromatic heterocycles. The van der Waals surface area contributed by atoms with E-state index >= 15 is 0 Å². The van der Waals surface area contributed by atoms with Crippen LogP contribution in [0.3, 0.4) is 0 Å². The van der Waals surface area contributed by atoms with Crippen molar-refractivity contribution < 1.29 is 14.6 Å². The fraction of sp³-hybridized carbons (Fsp3) is 0.182. The third kappa shape index (κ3) is 2.99. The van der Waals surface area contributed by atoms with E-state index in [-0.39, 0.29) is 0 Å². The Hall–Kier alpha value is -1.48. The van der Waals surface area contributed by atoms with Crippen LogP contribution in [0.4, 0.5) is 0 Å². The van der Waals surface area contributed by atoms with E-state index in [1.165, 1.54) is 7.11 Å². The van der Waals surface area contributed by atoms with Crippen molar-refractivity contribution in [3.8, 4) is 5.75 Å². The Morgan fingerprint density at radius 3 is 2.73 bits per heavy atom. The molecule has 3 nitrogen and oxygen atoms in total. The molecule has 1 N–H and O–H groups in total. The summed E-state index contributed by atoms with van der Waals surface area (Å²) in [7, 11) is 1.53. The van der Waals surface area contributed by atoms with Crippen molar-refractivity contribution in [3.05, 3.63) is 34.9 Å². The topological polar surface area (TPSA) is 46.5 Å². The smallest absolute Gasteiger partial charge is 0.328 e. The van der Waals surface area contributed by atoms with Crippen LogP contribution in [-0.2, 0) is 4.79 Å². The fourth-order valence-corrected chi connectivity index (χ4v) is 1.42. The van der Waals surface area contributed by atoms with Crippen LogP contribution in [0.25, 0.3) is 5.57 Å². The fourth-order valence-electron chi connectivity index (χ4n) is 1.25. The van der Waals surface area contributed by atoms with Gasteiger partial charge in [0, 0.05) is 16.7 Å². The van der Waals surface area contributed by atoms with Crippen LogP contribution in [-0.4, -0.2) is 18.2 Å². The maximum absolute atomic E-state index is 10.5. The Morgan fingerprint density at radius 1 is 1.53 bits per heavy atom. The minimum atomic E-state index is -0.991. The molecule has 0 radical (unpaired) electrons. The molecule has 1 aromatic carbocycles. The summed E-state index contributed by atoms with van der Waals surface area (Å²) in [6.07, 6.45) is 1.12. The van der Waals surface area contributed by atoms with Crippen LogP contribution in [0.15, 0.2) is 24.3 Å². The van der Waals surface area contributed by atoms with Gasteiger partial charge < -0.3 is 9.84 Å². The lowest BCUT2D eigenvalue weighted by Crippen LogP contribution is -1.93. The van der Waals surface area contributed by atoms with Gasteiger partial charge >= 0.3 is 5.97 Å². The largest absolute Gasteiger partial charge is 0.496 e. The van der Waals surface area contributed by atoms with Crippen molar-refractivity contribution in [3.63, 3.8) is 0 Å². The predicted molar refractivity (Wildman–Crippen MR) is 59.3 cm³/mol. The zero-order chi connectivity index (χ0) is 11.4. The Labute approximate surface area is 92.9 Å². The minimum Gasteiger partial charge on any atom is -0.496 e. The van der Waals surface area contributed by atoms with Gasteiger partial charge in [-0.25, -0.2) is 4.79 Å².